The minimum Gasteiger partial charge on any atom is -0.394 e. The fourth-order valence-corrected chi connectivity index (χ4v) is 0.0577. The number of aliphatic hydroxyl groups excluding tert-OH is 4. The molecule has 0 heterocycles. The molecule has 0 atom stereocenters. The van der Waals surface area contributed by atoms with E-state index in [9.17, 15) is 0 Å². The maximum atomic E-state index is 8.17. The van der Waals surface area contributed by atoms with Crippen molar-refractivity contribution >= 4 is 0 Å². The molecule has 0 saturated heterocycles. The number of rotatable bonds is 2. The summed E-state index contributed by atoms with van der Waals surface area (Å²) in [6, 6.07) is 0. The SMILES string of the molecule is OCC(O)CO.OCO. The normalized spacial score (nSPS) is 8.67. The molecule has 0 aromatic rings. The van der Waals surface area contributed by atoms with Crippen LogP contribution >= 0.6 is 0 Å². The predicted molar refractivity (Wildman–Crippen MR) is 29.5 cm³/mol. The van der Waals surface area contributed by atoms with Gasteiger partial charge in [-0.2, -0.15) is 0 Å². The summed E-state index contributed by atoms with van der Waals surface area (Å²) >= 11 is 0. The highest BCUT2D eigenvalue weighted by atomic mass is 16.5. The molecular weight excluding hydrogens is 128 g/mol. The Balaban J connectivity index is 0. The van der Waals surface area contributed by atoms with E-state index in [0.29, 0.717) is 0 Å². The molecule has 0 amide bonds. The smallest absolute Gasteiger partial charge is 0.140 e. The first-order valence-corrected chi connectivity index (χ1v) is 2.34. The summed E-state index contributed by atoms with van der Waals surface area (Å²) in [7, 11) is 0. The lowest BCUT2D eigenvalue weighted by atomic mass is 10.4. The summed E-state index contributed by atoms with van der Waals surface area (Å²) in [6.07, 6.45) is -0.954. The summed E-state index contributed by atoms with van der Waals surface area (Å²) in [5, 5.41) is 38.3. The zero-order valence-corrected chi connectivity index (χ0v) is 4.93. The maximum Gasteiger partial charge on any atom is 0.140 e. The Hall–Kier alpha value is -0.200. The maximum absolute atomic E-state index is 8.17. The summed E-state index contributed by atoms with van der Waals surface area (Å²) < 4.78 is 0. The molecule has 5 nitrogen and oxygen atoms in total. The van der Waals surface area contributed by atoms with E-state index in [1.165, 1.54) is 0 Å². The van der Waals surface area contributed by atoms with Crippen molar-refractivity contribution in [2.24, 2.45) is 0 Å². The molecule has 0 saturated carbocycles. The first kappa shape index (κ1) is 11.6. The van der Waals surface area contributed by atoms with E-state index >= 15 is 0 Å². The number of hydrogen-bond donors (Lipinski definition) is 5. The van der Waals surface area contributed by atoms with Gasteiger partial charge in [0.05, 0.1) is 13.2 Å². The van der Waals surface area contributed by atoms with Gasteiger partial charge in [-0.05, 0) is 0 Å². The molecule has 0 aliphatic rings. The van der Waals surface area contributed by atoms with Gasteiger partial charge in [-0.15, -0.1) is 0 Å². The molecule has 0 bridgehead atoms. The average molecular weight is 140 g/mol. The Labute approximate surface area is 52.8 Å². The summed E-state index contributed by atoms with van der Waals surface area (Å²) in [5.74, 6) is 0. The molecule has 0 fully saturated rings. The van der Waals surface area contributed by atoms with Gasteiger partial charge in [0.1, 0.15) is 12.9 Å². The van der Waals surface area contributed by atoms with E-state index in [1.54, 1.807) is 0 Å². The van der Waals surface area contributed by atoms with Gasteiger partial charge < -0.3 is 25.5 Å². The second-order valence-corrected chi connectivity index (χ2v) is 1.16. The van der Waals surface area contributed by atoms with Crippen molar-refractivity contribution in [3.05, 3.63) is 0 Å². The molecule has 0 rings (SSSR count). The molecule has 9 heavy (non-hydrogen) atoms. The molecule has 0 spiro atoms. The molecule has 0 aromatic heterocycles. The predicted octanol–water partition coefficient (Wildman–Crippen LogP) is -2.74. The largest absolute Gasteiger partial charge is 0.394 e. The van der Waals surface area contributed by atoms with Crippen molar-refractivity contribution in [2.45, 2.75) is 6.10 Å². The van der Waals surface area contributed by atoms with Gasteiger partial charge in [-0.25, -0.2) is 0 Å². The van der Waals surface area contributed by atoms with Crippen molar-refractivity contribution in [1.82, 2.24) is 0 Å². The average Bonchev–Trinajstić information content (AvgIpc) is 1.88. The van der Waals surface area contributed by atoms with Crippen molar-refractivity contribution < 1.29 is 25.5 Å². The number of hydrogen-bond acceptors (Lipinski definition) is 5. The van der Waals surface area contributed by atoms with Crippen LogP contribution in [0.2, 0.25) is 0 Å². The topological polar surface area (TPSA) is 101 Å². The summed E-state index contributed by atoms with van der Waals surface area (Å²) in [4.78, 5) is 0. The third kappa shape index (κ3) is 18.2. The fourth-order valence-electron chi connectivity index (χ4n) is 0.0577. The van der Waals surface area contributed by atoms with E-state index in [-0.39, 0.29) is 13.2 Å². The van der Waals surface area contributed by atoms with Crippen LogP contribution in [0.3, 0.4) is 0 Å². The van der Waals surface area contributed by atoms with Gasteiger partial charge in [0.2, 0.25) is 0 Å². The van der Waals surface area contributed by atoms with E-state index in [2.05, 4.69) is 0 Å². The van der Waals surface area contributed by atoms with Gasteiger partial charge in [-0.1, -0.05) is 0 Å². The first-order valence-electron chi connectivity index (χ1n) is 2.34. The molecule has 0 aliphatic heterocycles. The molecule has 5 heteroatoms. The van der Waals surface area contributed by atoms with Crippen LogP contribution in [0.4, 0.5) is 0 Å². The van der Waals surface area contributed by atoms with Crippen molar-refractivity contribution in [3.63, 3.8) is 0 Å². The third-order valence-corrected chi connectivity index (χ3v) is 0.421. The Morgan fingerprint density at radius 3 is 1.11 bits per heavy atom. The molecule has 0 aliphatic carbocycles. The third-order valence-electron chi connectivity index (χ3n) is 0.421. The lowest BCUT2D eigenvalue weighted by Crippen LogP contribution is -2.15. The second-order valence-electron chi connectivity index (χ2n) is 1.16. The van der Waals surface area contributed by atoms with Gasteiger partial charge >= 0.3 is 0 Å². The van der Waals surface area contributed by atoms with Crippen LogP contribution in [-0.2, 0) is 0 Å². The van der Waals surface area contributed by atoms with Crippen molar-refractivity contribution in [3.8, 4) is 0 Å². The molecular formula is C4H12O5. The zero-order valence-electron chi connectivity index (χ0n) is 4.93. The van der Waals surface area contributed by atoms with Crippen LogP contribution in [0, 0.1) is 0 Å². The Bertz CT molecular complexity index is 35.9. The van der Waals surface area contributed by atoms with Gasteiger partial charge in [-0.3, -0.25) is 0 Å². The first-order chi connectivity index (χ1) is 4.22. The van der Waals surface area contributed by atoms with Gasteiger partial charge in [0.25, 0.3) is 0 Å². The lowest BCUT2D eigenvalue weighted by Gasteiger charge is -1.96. The van der Waals surface area contributed by atoms with Gasteiger partial charge in [0, 0.05) is 0 Å². The minimum absolute atomic E-state index is 0.365. The highest BCUT2D eigenvalue weighted by Crippen LogP contribution is 1.71. The second kappa shape index (κ2) is 10.7. The highest BCUT2D eigenvalue weighted by molar-refractivity contribution is 4.43. The minimum atomic E-state index is -0.954. The van der Waals surface area contributed by atoms with Crippen LogP contribution in [-0.4, -0.2) is 51.6 Å². The van der Waals surface area contributed by atoms with Crippen LogP contribution in [0.1, 0.15) is 0 Å². The van der Waals surface area contributed by atoms with E-state index in [0.717, 1.165) is 0 Å². The van der Waals surface area contributed by atoms with Crippen LogP contribution in [0.15, 0.2) is 0 Å². The Morgan fingerprint density at radius 1 is 0.889 bits per heavy atom. The number of aliphatic hydroxyl groups is 5. The Kier molecular flexibility index (Phi) is 13.8. The molecule has 0 unspecified atom stereocenters. The molecule has 58 valence electrons. The highest BCUT2D eigenvalue weighted by Gasteiger charge is 1.93. The summed E-state index contributed by atoms with van der Waals surface area (Å²) in [5.41, 5.74) is 0. The zero-order chi connectivity index (χ0) is 7.70. The monoisotopic (exact) mass is 140 g/mol. The van der Waals surface area contributed by atoms with Crippen LogP contribution in [0.5, 0.6) is 0 Å². The summed E-state index contributed by atoms with van der Waals surface area (Å²) in [6.45, 7) is -1.48. The van der Waals surface area contributed by atoms with E-state index < -0.39 is 12.9 Å². The fraction of sp³-hybridized carbons (Fsp3) is 1.00. The van der Waals surface area contributed by atoms with Gasteiger partial charge in [0.15, 0.2) is 0 Å². The van der Waals surface area contributed by atoms with E-state index in [1.807, 2.05) is 0 Å². The van der Waals surface area contributed by atoms with Crippen molar-refractivity contribution in [1.29, 1.82) is 0 Å². The standard InChI is InChI=1S/C3H8O3.CH4O2/c4-1-3(6)2-5;2-1-3/h3-6H,1-2H2;2-3H,1H2. The Morgan fingerprint density at radius 2 is 1.11 bits per heavy atom. The quantitative estimate of drug-likeness (QED) is 0.268. The molecule has 0 radical (unpaired) electrons. The van der Waals surface area contributed by atoms with E-state index in [4.69, 9.17) is 25.5 Å². The molecule has 0 aromatic carbocycles. The van der Waals surface area contributed by atoms with Crippen molar-refractivity contribution in [2.75, 3.05) is 20.0 Å². The lowest BCUT2D eigenvalue weighted by molar-refractivity contribution is 0.0450. The molecule has 5 N–H and O–H groups in total. The van der Waals surface area contributed by atoms with Crippen LogP contribution in [0.25, 0.3) is 0 Å². The van der Waals surface area contributed by atoms with Crippen LogP contribution < -0.4 is 0 Å².